The van der Waals surface area contributed by atoms with Gasteiger partial charge in [0.25, 0.3) is 0 Å². The van der Waals surface area contributed by atoms with Gasteiger partial charge in [0, 0.05) is 4.88 Å². The standard InChI is InChI=1S/C15H16N2O3S/c1-11-7-8-21-14(11)9-16-17(15(18)19)10-12-3-5-13(20-2)6-4-12/h3-9H,10H2,1-2H3,(H,18,19). The van der Waals surface area contributed by atoms with E-state index >= 15 is 0 Å². The van der Waals surface area contributed by atoms with E-state index in [1.807, 2.05) is 30.5 Å². The molecule has 0 radical (unpaired) electrons. The molecule has 1 heterocycles. The summed E-state index contributed by atoms with van der Waals surface area (Å²) in [6.45, 7) is 2.16. The molecule has 0 spiro atoms. The number of benzene rings is 1. The summed E-state index contributed by atoms with van der Waals surface area (Å²) in [5.41, 5.74) is 1.93. The summed E-state index contributed by atoms with van der Waals surface area (Å²) in [5.74, 6) is 0.735. The molecule has 110 valence electrons. The maximum atomic E-state index is 11.3. The summed E-state index contributed by atoms with van der Waals surface area (Å²) in [7, 11) is 1.59. The number of methoxy groups -OCH3 is 1. The molecule has 6 heteroatoms. The van der Waals surface area contributed by atoms with Gasteiger partial charge in [-0.25, -0.2) is 4.79 Å². The van der Waals surface area contributed by atoms with Crippen LogP contribution in [0.4, 0.5) is 4.79 Å². The van der Waals surface area contributed by atoms with Crippen molar-refractivity contribution in [2.45, 2.75) is 13.5 Å². The van der Waals surface area contributed by atoms with Crippen molar-refractivity contribution in [1.82, 2.24) is 5.01 Å². The number of amides is 1. The lowest BCUT2D eigenvalue weighted by atomic mass is 10.2. The van der Waals surface area contributed by atoms with Crippen molar-refractivity contribution in [3.8, 4) is 5.75 Å². The van der Waals surface area contributed by atoms with Crippen LogP contribution in [-0.4, -0.2) is 29.5 Å². The average Bonchev–Trinajstić information content (AvgIpc) is 2.89. The molecule has 21 heavy (non-hydrogen) atoms. The van der Waals surface area contributed by atoms with Crippen LogP contribution in [0.25, 0.3) is 0 Å². The molecule has 0 aliphatic heterocycles. The average molecular weight is 304 g/mol. The minimum Gasteiger partial charge on any atom is -0.497 e. The third-order valence-corrected chi connectivity index (χ3v) is 3.88. The molecule has 0 fully saturated rings. The summed E-state index contributed by atoms with van der Waals surface area (Å²) in [4.78, 5) is 12.2. The van der Waals surface area contributed by atoms with E-state index in [0.29, 0.717) is 0 Å². The Labute approximate surface area is 127 Å². The third-order valence-electron chi connectivity index (χ3n) is 2.93. The van der Waals surface area contributed by atoms with Gasteiger partial charge in [-0.15, -0.1) is 11.3 Å². The molecular weight excluding hydrogens is 288 g/mol. The largest absolute Gasteiger partial charge is 0.497 e. The Morgan fingerprint density at radius 2 is 2.10 bits per heavy atom. The van der Waals surface area contributed by atoms with Gasteiger partial charge in [-0.1, -0.05) is 12.1 Å². The second-order valence-corrected chi connectivity index (χ2v) is 5.35. The lowest BCUT2D eigenvalue weighted by molar-refractivity contribution is 0.144. The van der Waals surface area contributed by atoms with Crippen LogP contribution in [0.3, 0.4) is 0 Å². The first-order valence-electron chi connectivity index (χ1n) is 6.31. The van der Waals surface area contributed by atoms with Crippen LogP contribution in [0.15, 0.2) is 40.8 Å². The Morgan fingerprint density at radius 1 is 1.38 bits per heavy atom. The van der Waals surface area contributed by atoms with E-state index in [1.54, 1.807) is 25.5 Å². The number of rotatable bonds is 5. The molecule has 1 amide bonds. The zero-order chi connectivity index (χ0) is 15.2. The molecule has 0 saturated carbocycles. The predicted octanol–water partition coefficient (Wildman–Crippen LogP) is 3.58. The lowest BCUT2D eigenvalue weighted by Crippen LogP contribution is -2.23. The van der Waals surface area contributed by atoms with Gasteiger partial charge in [-0.2, -0.15) is 10.1 Å². The van der Waals surface area contributed by atoms with E-state index in [1.165, 1.54) is 11.3 Å². The van der Waals surface area contributed by atoms with Crippen molar-refractivity contribution < 1.29 is 14.6 Å². The number of aryl methyl sites for hydroxylation is 1. The Hall–Kier alpha value is -2.34. The highest BCUT2D eigenvalue weighted by Crippen LogP contribution is 2.15. The monoisotopic (exact) mass is 304 g/mol. The maximum absolute atomic E-state index is 11.3. The van der Waals surface area contributed by atoms with Gasteiger partial charge in [0.15, 0.2) is 0 Å². The van der Waals surface area contributed by atoms with Crippen molar-refractivity contribution in [3.63, 3.8) is 0 Å². The minimum atomic E-state index is -1.09. The second kappa shape index (κ2) is 6.90. The van der Waals surface area contributed by atoms with E-state index in [2.05, 4.69) is 5.10 Å². The molecule has 1 aromatic heterocycles. The number of hydrogen-bond acceptors (Lipinski definition) is 4. The van der Waals surface area contributed by atoms with Crippen LogP contribution in [0, 0.1) is 6.92 Å². The van der Waals surface area contributed by atoms with Gasteiger partial charge in [0.05, 0.1) is 19.9 Å². The van der Waals surface area contributed by atoms with Crippen LogP contribution < -0.4 is 4.74 Å². The van der Waals surface area contributed by atoms with Crippen molar-refractivity contribution in [2.24, 2.45) is 5.10 Å². The maximum Gasteiger partial charge on any atom is 0.428 e. The number of hydrazone groups is 1. The molecule has 2 rings (SSSR count). The number of ether oxygens (including phenoxy) is 1. The van der Waals surface area contributed by atoms with E-state index in [-0.39, 0.29) is 6.54 Å². The Morgan fingerprint density at radius 3 is 2.62 bits per heavy atom. The third kappa shape index (κ3) is 4.06. The van der Waals surface area contributed by atoms with E-state index < -0.39 is 6.09 Å². The van der Waals surface area contributed by atoms with Crippen molar-refractivity contribution in [3.05, 3.63) is 51.7 Å². The first-order valence-corrected chi connectivity index (χ1v) is 7.19. The fourth-order valence-electron chi connectivity index (χ4n) is 1.70. The lowest BCUT2D eigenvalue weighted by Gasteiger charge is -2.13. The highest BCUT2D eigenvalue weighted by Gasteiger charge is 2.11. The fourth-order valence-corrected chi connectivity index (χ4v) is 2.48. The summed E-state index contributed by atoms with van der Waals surface area (Å²) in [5, 5.41) is 16.2. The molecule has 2 aromatic rings. The Kier molecular flexibility index (Phi) is 4.94. The molecule has 1 aromatic carbocycles. The van der Waals surface area contributed by atoms with Gasteiger partial charge < -0.3 is 9.84 Å². The van der Waals surface area contributed by atoms with Crippen LogP contribution in [0.2, 0.25) is 0 Å². The number of nitrogens with zero attached hydrogens (tertiary/aromatic N) is 2. The highest BCUT2D eigenvalue weighted by atomic mass is 32.1. The number of carboxylic acid groups (broad SMARTS) is 1. The zero-order valence-electron chi connectivity index (χ0n) is 11.8. The smallest absolute Gasteiger partial charge is 0.428 e. The Balaban J connectivity index is 2.10. The number of hydrogen-bond donors (Lipinski definition) is 1. The molecule has 0 atom stereocenters. The summed E-state index contributed by atoms with van der Waals surface area (Å²) >= 11 is 1.53. The molecule has 5 nitrogen and oxygen atoms in total. The molecule has 0 aliphatic rings. The number of thiophene rings is 1. The van der Waals surface area contributed by atoms with Crippen molar-refractivity contribution >= 4 is 23.6 Å². The van der Waals surface area contributed by atoms with E-state index in [9.17, 15) is 9.90 Å². The van der Waals surface area contributed by atoms with Gasteiger partial charge in [0.1, 0.15) is 5.75 Å². The quantitative estimate of drug-likeness (QED) is 0.678. The first-order chi connectivity index (χ1) is 10.1. The van der Waals surface area contributed by atoms with Crippen molar-refractivity contribution in [2.75, 3.05) is 7.11 Å². The zero-order valence-corrected chi connectivity index (χ0v) is 12.6. The normalized spacial score (nSPS) is 10.8. The highest BCUT2D eigenvalue weighted by molar-refractivity contribution is 7.11. The topological polar surface area (TPSA) is 62.1 Å². The molecule has 0 unspecified atom stereocenters. The minimum absolute atomic E-state index is 0.195. The number of carbonyl (C=O) groups is 1. The fraction of sp³-hybridized carbons (Fsp3) is 0.200. The second-order valence-electron chi connectivity index (χ2n) is 4.40. The van der Waals surface area contributed by atoms with Crippen LogP contribution in [0.1, 0.15) is 16.0 Å². The summed E-state index contributed by atoms with van der Waals surface area (Å²) in [6, 6.07) is 9.20. The van der Waals surface area contributed by atoms with Gasteiger partial charge in [0.2, 0.25) is 0 Å². The molecule has 0 saturated heterocycles. The van der Waals surface area contributed by atoms with Crippen molar-refractivity contribution in [1.29, 1.82) is 0 Å². The molecule has 0 bridgehead atoms. The summed E-state index contributed by atoms with van der Waals surface area (Å²) < 4.78 is 5.07. The van der Waals surface area contributed by atoms with Gasteiger partial charge >= 0.3 is 6.09 Å². The molecule has 1 N–H and O–H groups in total. The first kappa shape index (κ1) is 15.1. The molecular formula is C15H16N2O3S. The van der Waals surface area contributed by atoms with Crippen LogP contribution in [0.5, 0.6) is 5.75 Å². The van der Waals surface area contributed by atoms with E-state index in [0.717, 1.165) is 26.8 Å². The Bertz CT molecular complexity index is 635. The van der Waals surface area contributed by atoms with Gasteiger partial charge in [-0.3, -0.25) is 0 Å². The predicted molar refractivity (Wildman–Crippen MR) is 83.2 cm³/mol. The van der Waals surface area contributed by atoms with Gasteiger partial charge in [-0.05, 0) is 41.6 Å². The van der Waals surface area contributed by atoms with Crippen LogP contribution >= 0.6 is 11.3 Å². The molecule has 0 aliphatic carbocycles. The van der Waals surface area contributed by atoms with Crippen LogP contribution in [-0.2, 0) is 6.54 Å². The SMILES string of the molecule is COc1ccc(CN(N=Cc2sccc2C)C(=O)O)cc1. The summed E-state index contributed by atoms with van der Waals surface area (Å²) in [6.07, 6.45) is 0.494. The van der Waals surface area contributed by atoms with E-state index in [4.69, 9.17) is 4.74 Å².